The number of imidazole rings is 1. The molecule has 0 aliphatic heterocycles. The number of benzene rings is 2. The van der Waals surface area contributed by atoms with E-state index in [2.05, 4.69) is 9.88 Å². The van der Waals surface area contributed by atoms with Crippen molar-refractivity contribution in [3.05, 3.63) is 84.4 Å². The monoisotopic (exact) mass is 401 g/mol. The lowest BCUT2D eigenvalue weighted by molar-refractivity contribution is 0.0936. The molecule has 3 rings (SSSR count). The van der Waals surface area contributed by atoms with Gasteiger partial charge in [0.15, 0.2) is 0 Å². The third-order valence-corrected chi connectivity index (χ3v) is 4.98. The number of hydrogen-bond acceptors (Lipinski definition) is 4. The first-order chi connectivity index (χ1) is 13.4. The summed E-state index contributed by atoms with van der Waals surface area (Å²) in [6.45, 7) is 3.77. The van der Waals surface area contributed by atoms with Gasteiger partial charge in [-0.25, -0.2) is 9.55 Å². The highest BCUT2D eigenvalue weighted by Gasteiger charge is 2.25. The van der Waals surface area contributed by atoms with Crippen LogP contribution in [0.3, 0.4) is 0 Å². The third-order valence-electron chi connectivity index (χ3n) is 4.45. The van der Waals surface area contributed by atoms with Crippen molar-refractivity contribution in [3.63, 3.8) is 0 Å². The third kappa shape index (κ3) is 5.86. The molecule has 148 valence electrons. The largest absolute Gasteiger partial charge is 0.470 e. The summed E-state index contributed by atoms with van der Waals surface area (Å²) in [4.78, 5) is 24.9. The Morgan fingerprint density at radius 2 is 1.86 bits per heavy atom. The van der Waals surface area contributed by atoms with Crippen LogP contribution in [0.25, 0.3) is 5.69 Å². The summed E-state index contributed by atoms with van der Waals surface area (Å²) in [5.41, 5.74) is 2.75. The first kappa shape index (κ1) is 20.5. The van der Waals surface area contributed by atoms with Crippen molar-refractivity contribution >= 4 is 7.82 Å². The Bertz CT molecular complexity index is 895. The molecule has 1 atom stereocenters. The molecule has 8 heteroatoms. The van der Waals surface area contributed by atoms with Gasteiger partial charge in [-0.2, -0.15) is 0 Å². The standard InChI is InChI=1S/C20H24N3O4P/c1-2-22(14-17-6-4-3-5-7-17)15-20(27-28(24,25)26)18-8-10-19(11-9-18)23-13-12-21-16-23/h3-13,16,20H,2,14-15H2,1H3,(H2,24,25,26). The summed E-state index contributed by atoms with van der Waals surface area (Å²) in [6.07, 6.45) is 4.46. The molecule has 3 aromatic rings. The second kappa shape index (κ2) is 9.28. The lowest BCUT2D eigenvalue weighted by Crippen LogP contribution is -2.29. The fourth-order valence-corrected chi connectivity index (χ4v) is 3.54. The Labute approximate surface area is 164 Å². The molecule has 28 heavy (non-hydrogen) atoms. The SMILES string of the molecule is CCN(Cc1ccccc1)CC(OP(=O)(O)O)c1ccc(-n2ccnc2)cc1. The molecule has 0 saturated heterocycles. The van der Waals surface area contributed by atoms with Gasteiger partial charge in [0.1, 0.15) is 6.10 Å². The van der Waals surface area contributed by atoms with Crippen LogP contribution in [0.15, 0.2) is 73.3 Å². The van der Waals surface area contributed by atoms with Gasteiger partial charge in [0.05, 0.1) is 6.33 Å². The van der Waals surface area contributed by atoms with Crippen LogP contribution in [0.1, 0.15) is 24.2 Å². The number of phosphoric ester groups is 1. The van der Waals surface area contributed by atoms with Crippen molar-refractivity contribution in [2.45, 2.75) is 19.6 Å². The van der Waals surface area contributed by atoms with Crippen molar-refractivity contribution in [1.82, 2.24) is 14.5 Å². The molecule has 0 amide bonds. The van der Waals surface area contributed by atoms with Crippen LogP contribution in [0, 0.1) is 0 Å². The minimum atomic E-state index is -4.64. The predicted molar refractivity (Wildman–Crippen MR) is 107 cm³/mol. The molecule has 2 N–H and O–H groups in total. The molecule has 7 nitrogen and oxygen atoms in total. The van der Waals surface area contributed by atoms with Crippen LogP contribution in [0.2, 0.25) is 0 Å². The van der Waals surface area contributed by atoms with E-state index in [1.54, 1.807) is 12.5 Å². The Morgan fingerprint density at radius 3 is 2.43 bits per heavy atom. The Kier molecular flexibility index (Phi) is 6.78. The van der Waals surface area contributed by atoms with Crippen molar-refractivity contribution in [3.8, 4) is 5.69 Å². The van der Waals surface area contributed by atoms with Gasteiger partial charge in [0, 0.05) is 31.2 Å². The highest BCUT2D eigenvalue weighted by atomic mass is 31.2. The highest BCUT2D eigenvalue weighted by Crippen LogP contribution is 2.42. The molecule has 0 fully saturated rings. The molecule has 0 aliphatic carbocycles. The van der Waals surface area contributed by atoms with Gasteiger partial charge in [-0.3, -0.25) is 9.42 Å². The fraction of sp³-hybridized carbons (Fsp3) is 0.250. The van der Waals surface area contributed by atoms with E-state index in [-0.39, 0.29) is 0 Å². The van der Waals surface area contributed by atoms with E-state index in [1.165, 1.54) is 0 Å². The van der Waals surface area contributed by atoms with E-state index in [0.29, 0.717) is 18.7 Å². The Balaban J connectivity index is 1.79. The molecular formula is C20H24N3O4P. The first-order valence-corrected chi connectivity index (χ1v) is 10.6. The van der Waals surface area contributed by atoms with E-state index in [1.807, 2.05) is 72.3 Å². The van der Waals surface area contributed by atoms with Crippen LogP contribution >= 0.6 is 7.82 Å². The second-order valence-corrected chi connectivity index (χ2v) is 7.65. The zero-order valence-electron chi connectivity index (χ0n) is 15.6. The van der Waals surface area contributed by atoms with Gasteiger partial charge in [0.25, 0.3) is 0 Å². The average molecular weight is 401 g/mol. The quantitative estimate of drug-likeness (QED) is 0.533. The van der Waals surface area contributed by atoms with E-state index in [4.69, 9.17) is 4.52 Å². The number of hydrogen-bond donors (Lipinski definition) is 2. The average Bonchev–Trinajstić information content (AvgIpc) is 3.21. The van der Waals surface area contributed by atoms with Crippen molar-refractivity contribution in [2.24, 2.45) is 0 Å². The van der Waals surface area contributed by atoms with Crippen molar-refractivity contribution in [1.29, 1.82) is 0 Å². The zero-order chi connectivity index (χ0) is 20.0. The highest BCUT2D eigenvalue weighted by molar-refractivity contribution is 7.46. The Morgan fingerprint density at radius 1 is 1.14 bits per heavy atom. The minimum absolute atomic E-state index is 0.362. The summed E-state index contributed by atoms with van der Waals surface area (Å²) in [5.74, 6) is 0. The van der Waals surface area contributed by atoms with Gasteiger partial charge >= 0.3 is 7.82 Å². The van der Waals surface area contributed by atoms with Crippen LogP contribution < -0.4 is 0 Å². The van der Waals surface area contributed by atoms with Crippen LogP contribution in [-0.2, 0) is 15.6 Å². The van der Waals surface area contributed by atoms with E-state index >= 15 is 0 Å². The molecule has 2 aromatic carbocycles. The zero-order valence-corrected chi connectivity index (χ0v) is 16.5. The number of likely N-dealkylation sites (N-methyl/N-ethyl adjacent to an activating group) is 1. The van der Waals surface area contributed by atoms with Gasteiger partial charge in [-0.05, 0) is 29.8 Å². The van der Waals surface area contributed by atoms with Gasteiger partial charge in [0.2, 0.25) is 0 Å². The number of nitrogens with zero attached hydrogens (tertiary/aromatic N) is 3. The summed E-state index contributed by atoms with van der Waals surface area (Å²) in [5, 5.41) is 0. The molecule has 0 radical (unpaired) electrons. The van der Waals surface area contributed by atoms with Crippen LogP contribution in [0.5, 0.6) is 0 Å². The fourth-order valence-electron chi connectivity index (χ4n) is 3.02. The maximum Gasteiger partial charge on any atom is 0.470 e. The molecule has 0 aliphatic rings. The second-order valence-electron chi connectivity index (χ2n) is 6.46. The van der Waals surface area contributed by atoms with Crippen molar-refractivity contribution in [2.75, 3.05) is 13.1 Å². The van der Waals surface area contributed by atoms with E-state index < -0.39 is 13.9 Å². The molecule has 1 aromatic heterocycles. The molecule has 0 saturated carbocycles. The van der Waals surface area contributed by atoms with Crippen molar-refractivity contribution < 1.29 is 18.9 Å². The maximum atomic E-state index is 11.5. The molecule has 1 heterocycles. The lowest BCUT2D eigenvalue weighted by Gasteiger charge is -2.27. The Hall–Kier alpha value is -2.28. The topological polar surface area (TPSA) is 87.8 Å². The predicted octanol–water partition coefficient (Wildman–Crippen LogP) is 3.54. The number of phosphoric acid groups is 1. The summed E-state index contributed by atoms with van der Waals surface area (Å²) < 4.78 is 18.5. The molecule has 0 bridgehead atoms. The van der Waals surface area contributed by atoms with Gasteiger partial charge < -0.3 is 14.4 Å². The summed E-state index contributed by atoms with van der Waals surface area (Å²) in [7, 11) is -4.64. The number of rotatable bonds is 9. The summed E-state index contributed by atoms with van der Waals surface area (Å²) >= 11 is 0. The minimum Gasteiger partial charge on any atom is -0.306 e. The molecule has 1 unspecified atom stereocenters. The van der Waals surface area contributed by atoms with Gasteiger partial charge in [-0.1, -0.05) is 49.4 Å². The summed E-state index contributed by atoms with van der Waals surface area (Å²) in [6, 6.07) is 17.4. The van der Waals surface area contributed by atoms with Crippen LogP contribution in [0.4, 0.5) is 0 Å². The van der Waals surface area contributed by atoms with Crippen LogP contribution in [-0.4, -0.2) is 37.3 Å². The number of aromatic nitrogens is 2. The van der Waals surface area contributed by atoms with E-state index in [9.17, 15) is 14.4 Å². The normalized spacial score (nSPS) is 13.0. The molecular weight excluding hydrogens is 377 g/mol. The van der Waals surface area contributed by atoms with Gasteiger partial charge in [-0.15, -0.1) is 0 Å². The first-order valence-electron chi connectivity index (χ1n) is 9.03. The van der Waals surface area contributed by atoms with E-state index in [0.717, 1.165) is 17.8 Å². The lowest BCUT2D eigenvalue weighted by atomic mass is 10.1. The molecule has 0 spiro atoms. The maximum absolute atomic E-state index is 11.5. The smallest absolute Gasteiger partial charge is 0.306 e.